The van der Waals surface area contributed by atoms with Gasteiger partial charge < -0.3 is 9.88 Å². The van der Waals surface area contributed by atoms with Gasteiger partial charge in [-0.1, -0.05) is 24.6 Å². The molecule has 0 aliphatic rings. The molecule has 0 saturated heterocycles. The summed E-state index contributed by atoms with van der Waals surface area (Å²) in [6.07, 6.45) is 4.99. The maximum absolute atomic E-state index is 4.45. The molecule has 0 radical (unpaired) electrons. The number of rotatable bonds is 5. The van der Waals surface area contributed by atoms with Crippen molar-refractivity contribution in [3.63, 3.8) is 0 Å². The summed E-state index contributed by atoms with van der Waals surface area (Å²) in [5.41, 5.74) is 3.81. The Kier molecular flexibility index (Phi) is 4.15. The molecule has 0 spiro atoms. The van der Waals surface area contributed by atoms with Crippen LogP contribution in [0.2, 0.25) is 0 Å². The maximum Gasteiger partial charge on any atom is 0.139 e. The molecule has 2 aromatic rings. The van der Waals surface area contributed by atoms with Crippen molar-refractivity contribution < 1.29 is 0 Å². The number of hydrogen-bond donors (Lipinski definition) is 1. The summed E-state index contributed by atoms with van der Waals surface area (Å²) in [6.45, 7) is 6.25. The number of aromatic nitrogens is 2. The first kappa shape index (κ1) is 12.8. The molecule has 0 fully saturated rings. The van der Waals surface area contributed by atoms with E-state index in [2.05, 4.69) is 46.9 Å². The van der Waals surface area contributed by atoms with E-state index < -0.39 is 0 Å². The van der Waals surface area contributed by atoms with E-state index in [1.54, 1.807) is 0 Å². The lowest BCUT2D eigenvalue weighted by molar-refractivity contribution is 0.675. The Balaban J connectivity index is 2.32. The Bertz CT molecular complexity index is 514. The van der Waals surface area contributed by atoms with Gasteiger partial charge in [-0.2, -0.15) is 0 Å². The van der Waals surface area contributed by atoms with Gasteiger partial charge in [0.05, 0.1) is 0 Å². The minimum atomic E-state index is 0.899. The van der Waals surface area contributed by atoms with Gasteiger partial charge in [-0.25, -0.2) is 4.98 Å². The molecule has 3 heteroatoms. The Morgan fingerprint density at radius 2 is 2.17 bits per heavy atom. The van der Waals surface area contributed by atoms with Gasteiger partial charge in [0.25, 0.3) is 0 Å². The highest BCUT2D eigenvalue weighted by atomic mass is 15.0. The van der Waals surface area contributed by atoms with Crippen LogP contribution in [0.4, 0.5) is 0 Å². The van der Waals surface area contributed by atoms with Crippen molar-refractivity contribution >= 4 is 0 Å². The van der Waals surface area contributed by atoms with Crippen LogP contribution in [-0.4, -0.2) is 16.1 Å². The summed E-state index contributed by atoms with van der Waals surface area (Å²) < 4.78 is 2.07. The highest BCUT2D eigenvalue weighted by Gasteiger charge is 2.09. The zero-order chi connectivity index (χ0) is 13.0. The van der Waals surface area contributed by atoms with Crippen LogP contribution in [-0.2, 0) is 13.6 Å². The second-order valence-electron chi connectivity index (χ2n) is 4.70. The van der Waals surface area contributed by atoms with Crippen molar-refractivity contribution in [3.05, 3.63) is 41.7 Å². The van der Waals surface area contributed by atoms with E-state index in [0.29, 0.717) is 0 Å². The summed E-state index contributed by atoms with van der Waals surface area (Å²) >= 11 is 0. The summed E-state index contributed by atoms with van der Waals surface area (Å²) in [6, 6.07) is 6.57. The van der Waals surface area contributed by atoms with Crippen LogP contribution in [0.1, 0.15) is 24.5 Å². The number of hydrogen-bond acceptors (Lipinski definition) is 2. The third-order valence-corrected chi connectivity index (χ3v) is 3.07. The van der Waals surface area contributed by atoms with Crippen LogP contribution in [0, 0.1) is 6.92 Å². The highest BCUT2D eigenvalue weighted by Crippen LogP contribution is 2.23. The molecule has 18 heavy (non-hydrogen) atoms. The molecule has 1 aromatic heterocycles. The molecule has 2 rings (SSSR count). The highest BCUT2D eigenvalue weighted by molar-refractivity contribution is 5.61. The number of aryl methyl sites for hydroxylation is 2. The topological polar surface area (TPSA) is 29.9 Å². The third kappa shape index (κ3) is 2.79. The van der Waals surface area contributed by atoms with Gasteiger partial charge in [0.2, 0.25) is 0 Å². The van der Waals surface area contributed by atoms with Gasteiger partial charge in [-0.3, -0.25) is 0 Å². The van der Waals surface area contributed by atoms with Gasteiger partial charge in [0.15, 0.2) is 0 Å². The first-order valence-corrected chi connectivity index (χ1v) is 6.50. The van der Waals surface area contributed by atoms with E-state index in [-0.39, 0.29) is 0 Å². The van der Waals surface area contributed by atoms with Gasteiger partial charge in [-0.05, 0) is 31.5 Å². The van der Waals surface area contributed by atoms with Gasteiger partial charge >= 0.3 is 0 Å². The molecule has 0 aliphatic carbocycles. The Morgan fingerprint density at radius 1 is 1.33 bits per heavy atom. The molecular formula is C15H21N3. The van der Waals surface area contributed by atoms with Crippen LogP contribution >= 0.6 is 0 Å². The zero-order valence-corrected chi connectivity index (χ0v) is 11.4. The van der Waals surface area contributed by atoms with Crippen LogP contribution in [0.5, 0.6) is 0 Å². The van der Waals surface area contributed by atoms with Gasteiger partial charge in [0.1, 0.15) is 5.82 Å². The lowest BCUT2D eigenvalue weighted by Crippen LogP contribution is -2.14. The summed E-state index contributed by atoms with van der Waals surface area (Å²) in [5.74, 6) is 1.03. The van der Waals surface area contributed by atoms with Crippen molar-refractivity contribution in [1.29, 1.82) is 0 Å². The van der Waals surface area contributed by atoms with Crippen molar-refractivity contribution in [3.8, 4) is 11.4 Å². The first-order valence-electron chi connectivity index (χ1n) is 6.50. The van der Waals surface area contributed by atoms with Crippen LogP contribution < -0.4 is 5.32 Å². The molecule has 3 nitrogen and oxygen atoms in total. The Labute approximate surface area is 109 Å². The van der Waals surface area contributed by atoms with E-state index in [0.717, 1.165) is 25.3 Å². The smallest absolute Gasteiger partial charge is 0.139 e. The molecule has 0 bridgehead atoms. The molecule has 0 saturated carbocycles. The summed E-state index contributed by atoms with van der Waals surface area (Å²) in [4.78, 5) is 4.45. The molecule has 0 unspecified atom stereocenters. The molecule has 96 valence electrons. The largest absolute Gasteiger partial charge is 0.334 e. The minimum absolute atomic E-state index is 0.899. The summed E-state index contributed by atoms with van der Waals surface area (Å²) in [5, 5.41) is 3.46. The fraction of sp³-hybridized carbons (Fsp3) is 0.400. The second kappa shape index (κ2) is 5.83. The van der Waals surface area contributed by atoms with E-state index in [9.17, 15) is 0 Å². The van der Waals surface area contributed by atoms with Gasteiger partial charge in [0, 0.05) is 31.5 Å². The normalized spacial score (nSPS) is 10.8. The van der Waals surface area contributed by atoms with Crippen LogP contribution in [0.25, 0.3) is 11.4 Å². The molecule has 1 N–H and O–H groups in total. The van der Waals surface area contributed by atoms with Crippen molar-refractivity contribution in [1.82, 2.24) is 14.9 Å². The lowest BCUT2D eigenvalue weighted by Gasteiger charge is -2.11. The van der Waals surface area contributed by atoms with E-state index in [1.165, 1.54) is 16.7 Å². The Morgan fingerprint density at radius 3 is 2.83 bits per heavy atom. The van der Waals surface area contributed by atoms with Crippen LogP contribution in [0.15, 0.2) is 30.6 Å². The van der Waals surface area contributed by atoms with Crippen molar-refractivity contribution in [2.24, 2.45) is 7.05 Å². The lowest BCUT2D eigenvalue weighted by atomic mass is 10.0. The number of nitrogens with one attached hydrogen (secondary N) is 1. The second-order valence-corrected chi connectivity index (χ2v) is 4.70. The maximum atomic E-state index is 4.45. The average Bonchev–Trinajstić information content (AvgIpc) is 2.77. The van der Waals surface area contributed by atoms with E-state index >= 15 is 0 Å². The molecule has 0 atom stereocenters. The average molecular weight is 243 g/mol. The SMILES string of the molecule is CCCNCc1ccc(C)cc1-c1nccn1C. The first-order chi connectivity index (χ1) is 8.72. The minimum Gasteiger partial charge on any atom is -0.334 e. The molecule has 0 amide bonds. The number of nitrogens with zero attached hydrogens (tertiary/aromatic N) is 2. The zero-order valence-electron chi connectivity index (χ0n) is 11.4. The monoisotopic (exact) mass is 243 g/mol. The Hall–Kier alpha value is -1.61. The molecule has 0 aliphatic heterocycles. The fourth-order valence-electron chi connectivity index (χ4n) is 2.08. The molecular weight excluding hydrogens is 222 g/mol. The molecule has 1 heterocycles. The van der Waals surface area contributed by atoms with E-state index in [1.807, 2.05) is 19.4 Å². The van der Waals surface area contributed by atoms with Gasteiger partial charge in [-0.15, -0.1) is 0 Å². The van der Waals surface area contributed by atoms with Crippen molar-refractivity contribution in [2.45, 2.75) is 26.8 Å². The number of benzene rings is 1. The van der Waals surface area contributed by atoms with E-state index in [4.69, 9.17) is 0 Å². The quantitative estimate of drug-likeness (QED) is 0.818. The van der Waals surface area contributed by atoms with Crippen LogP contribution in [0.3, 0.4) is 0 Å². The number of imidazole rings is 1. The predicted molar refractivity (Wildman–Crippen MR) is 75.4 cm³/mol. The standard InChI is InChI=1S/C15H21N3/c1-4-7-16-11-13-6-5-12(2)10-14(13)15-17-8-9-18(15)3/h5-6,8-10,16H,4,7,11H2,1-3H3. The third-order valence-electron chi connectivity index (χ3n) is 3.07. The molecule has 1 aromatic carbocycles. The fourth-order valence-corrected chi connectivity index (χ4v) is 2.08. The van der Waals surface area contributed by atoms with Crippen molar-refractivity contribution in [2.75, 3.05) is 6.54 Å². The predicted octanol–water partition coefficient (Wildman–Crippen LogP) is 2.90. The summed E-state index contributed by atoms with van der Waals surface area (Å²) in [7, 11) is 2.04.